The first-order chi connectivity index (χ1) is 12.0. The van der Waals surface area contributed by atoms with E-state index >= 15 is 0 Å². The third-order valence-electron chi connectivity index (χ3n) is 3.93. The molecule has 1 heterocycles. The molecule has 0 saturated carbocycles. The van der Waals surface area contributed by atoms with Gasteiger partial charge >= 0.3 is 0 Å². The van der Waals surface area contributed by atoms with Crippen molar-refractivity contribution < 1.29 is 8.42 Å². The SMILES string of the molecule is CCCn1c(SCCc2ccccc2)nc2cc(S(N)(=O)=O)ccc21. The summed E-state index contributed by atoms with van der Waals surface area (Å²) in [4.78, 5) is 4.74. The van der Waals surface area contributed by atoms with Crippen LogP contribution in [0.1, 0.15) is 18.9 Å². The Balaban J connectivity index is 1.86. The van der Waals surface area contributed by atoms with Crippen LogP contribution in [-0.2, 0) is 23.0 Å². The number of thioether (sulfide) groups is 1. The second kappa shape index (κ2) is 7.59. The number of benzene rings is 2. The minimum Gasteiger partial charge on any atom is -0.319 e. The molecule has 132 valence electrons. The van der Waals surface area contributed by atoms with Crippen LogP contribution in [0.2, 0.25) is 0 Å². The first kappa shape index (κ1) is 18.0. The molecule has 0 bridgehead atoms. The average molecular weight is 376 g/mol. The van der Waals surface area contributed by atoms with Crippen molar-refractivity contribution >= 4 is 32.8 Å². The van der Waals surface area contributed by atoms with Gasteiger partial charge in [-0.3, -0.25) is 0 Å². The standard InChI is InChI=1S/C18H21N3O2S2/c1-2-11-21-17-9-8-15(25(19,22)23)13-16(17)20-18(21)24-12-10-14-6-4-3-5-7-14/h3-9,13H,2,10-12H2,1H3,(H2,19,22,23). The average Bonchev–Trinajstić information content (AvgIpc) is 2.92. The van der Waals surface area contributed by atoms with Crippen LogP contribution in [0, 0.1) is 0 Å². The highest BCUT2D eigenvalue weighted by Gasteiger charge is 2.14. The van der Waals surface area contributed by atoms with E-state index in [0.29, 0.717) is 5.52 Å². The molecule has 0 amide bonds. The van der Waals surface area contributed by atoms with E-state index in [2.05, 4.69) is 28.6 Å². The molecule has 0 unspecified atom stereocenters. The second-order valence-electron chi connectivity index (χ2n) is 5.83. The van der Waals surface area contributed by atoms with E-state index in [1.165, 1.54) is 5.56 Å². The molecule has 1 aromatic heterocycles. The first-order valence-corrected chi connectivity index (χ1v) is 10.7. The Kier molecular flexibility index (Phi) is 5.46. The molecule has 7 heteroatoms. The molecule has 3 aromatic rings. The van der Waals surface area contributed by atoms with Crippen molar-refractivity contribution in [3.63, 3.8) is 0 Å². The van der Waals surface area contributed by atoms with Crippen molar-refractivity contribution in [3.8, 4) is 0 Å². The second-order valence-corrected chi connectivity index (χ2v) is 8.45. The number of imidazole rings is 1. The molecule has 0 saturated heterocycles. The lowest BCUT2D eigenvalue weighted by Crippen LogP contribution is -2.11. The normalized spacial score (nSPS) is 11.9. The Morgan fingerprint density at radius 1 is 1.16 bits per heavy atom. The number of aryl methyl sites for hydroxylation is 2. The number of aromatic nitrogens is 2. The van der Waals surface area contributed by atoms with Crippen LogP contribution < -0.4 is 5.14 Å². The van der Waals surface area contributed by atoms with Gasteiger partial charge in [0, 0.05) is 12.3 Å². The lowest BCUT2D eigenvalue weighted by atomic mass is 10.2. The van der Waals surface area contributed by atoms with Crippen LogP contribution >= 0.6 is 11.8 Å². The summed E-state index contributed by atoms with van der Waals surface area (Å²) >= 11 is 1.69. The van der Waals surface area contributed by atoms with Gasteiger partial charge in [0.25, 0.3) is 0 Å². The van der Waals surface area contributed by atoms with Gasteiger partial charge < -0.3 is 4.57 Å². The fourth-order valence-corrected chi connectivity index (χ4v) is 4.28. The quantitative estimate of drug-likeness (QED) is 0.642. The van der Waals surface area contributed by atoms with Crippen LogP contribution in [0.4, 0.5) is 0 Å². The van der Waals surface area contributed by atoms with Gasteiger partial charge in [-0.25, -0.2) is 18.5 Å². The minimum atomic E-state index is -3.72. The van der Waals surface area contributed by atoms with Crippen LogP contribution in [-0.4, -0.2) is 23.7 Å². The van der Waals surface area contributed by atoms with E-state index in [-0.39, 0.29) is 4.90 Å². The number of nitrogens with zero attached hydrogens (tertiary/aromatic N) is 2. The number of rotatable bonds is 7. The largest absolute Gasteiger partial charge is 0.319 e. The van der Waals surface area contributed by atoms with Gasteiger partial charge in [-0.2, -0.15) is 0 Å². The Bertz CT molecular complexity index is 967. The predicted molar refractivity (Wildman–Crippen MR) is 102 cm³/mol. The summed E-state index contributed by atoms with van der Waals surface area (Å²) in [5, 5.41) is 6.14. The third-order valence-corrected chi connectivity index (χ3v) is 5.81. The van der Waals surface area contributed by atoms with Crippen LogP contribution in [0.5, 0.6) is 0 Å². The summed E-state index contributed by atoms with van der Waals surface area (Å²) in [6.45, 7) is 2.96. The van der Waals surface area contributed by atoms with Gasteiger partial charge in [-0.1, -0.05) is 49.0 Å². The minimum absolute atomic E-state index is 0.0991. The Morgan fingerprint density at radius 2 is 1.92 bits per heavy atom. The van der Waals surface area contributed by atoms with Crippen molar-refractivity contribution in [2.75, 3.05) is 5.75 Å². The van der Waals surface area contributed by atoms with E-state index in [1.807, 2.05) is 18.2 Å². The fourth-order valence-electron chi connectivity index (χ4n) is 2.72. The molecule has 5 nitrogen and oxygen atoms in total. The summed E-state index contributed by atoms with van der Waals surface area (Å²) in [5.74, 6) is 0.916. The van der Waals surface area contributed by atoms with Gasteiger partial charge in [0.1, 0.15) is 0 Å². The lowest BCUT2D eigenvalue weighted by molar-refractivity contribution is 0.598. The maximum atomic E-state index is 11.6. The number of fused-ring (bicyclic) bond motifs is 1. The van der Waals surface area contributed by atoms with Crippen molar-refractivity contribution in [2.45, 2.75) is 36.4 Å². The highest BCUT2D eigenvalue weighted by molar-refractivity contribution is 7.99. The zero-order chi connectivity index (χ0) is 17.9. The van der Waals surface area contributed by atoms with Gasteiger partial charge in [0.15, 0.2) is 5.16 Å². The smallest absolute Gasteiger partial charge is 0.238 e. The predicted octanol–water partition coefficient (Wildman–Crippen LogP) is 3.43. The molecule has 0 aliphatic heterocycles. The molecule has 0 spiro atoms. The maximum Gasteiger partial charge on any atom is 0.238 e. The molecular formula is C18H21N3O2S2. The first-order valence-electron chi connectivity index (χ1n) is 8.19. The molecule has 0 radical (unpaired) electrons. The monoisotopic (exact) mass is 375 g/mol. The summed E-state index contributed by atoms with van der Waals surface area (Å²) in [6.07, 6.45) is 1.94. The Hall–Kier alpha value is -1.83. The number of hydrogen-bond acceptors (Lipinski definition) is 4. The molecule has 3 rings (SSSR count). The Labute approximate surface area is 152 Å². The number of hydrogen-bond donors (Lipinski definition) is 1. The van der Waals surface area contributed by atoms with Crippen LogP contribution in [0.25, 0.3) is 11.0 Å². The van der Waals surface area contributed by atoms with Crippen molar-refractivity contribution in [2.24, 2.45) is 5.14 Å². The molecule has 2 N–H and O–H groups in total. The zero-order valence-corrected chi connectivity index (χ0v) is 15.7. The molecule has 25 heavy (non-hydrogen) atoms. The number of nitrogens with two attached hydrogens (primary N) is 1. The van der Waals surface area contributed by atoms with Gasteiger partial charge in [0.2, 0.25) is 10.0 Å². The van der Waals surface area contributed by atoms with E-state index in [0.717, 1.165) is 35.8 Å². The molecule has 0 fully saturated rings. The highest BCUT2D eigenvalue weighted by atomic mass is 32.2. The Morgan fingerprint density at radius 3 is 2.60 bits per heavy atom. The van der Waals surface area contributed by atoms with E-state index in [1.54, 1.807) is 30.0 Å². The summed E-state index contributed by atoms with van der Waals surface area (Å²) in [5.41, 5.74) is 2.91. The van der Waals surface area contributed by atoms with Crippen LogP contribution in [0.15, 0.2) is 58.6 Å². The molecule has 0 aliphatic rings. The van der Waals surface area contributed by atoms with Gasteiger partial charge in [-0.05, 0) is 36.6 Å². The topological polar surface area (TPSA) is 78.0 Å². The van der Waals surface area contributed by atoms with Crippen molar-refractivity contribution in [3.05, 3.63) is 54.1 Å². The van der Waals surface area contributed by atoms with Gasteiger partial charge in [-0.15, -0.1) is 0 Å². The van der Waals surface area contributed by atoms with Crippen LogP contribution in [0.3, 0.4) is 0 Å². The summed E-state index contributed by atoms with van der Waals surface area (Å²) < 4.78 is 25.3. The molecule has 2 aromatic carbocycles. The summed E-state index contributed by atoms with van der Waals surface area (Å²) in [6, 6.07) is 15.2. The summed E-state index contributed by atoms with van der Waals surface area (Å²) in [7, 11) is -3.72. The van der Waals surface area contributed by atoms with Crippen molar-refractivity contribution in [1.82, 2.24) is 9.55 Å². The molecule has 0 atom stereocenters. The number of sulfonamides is 1. The third kappa shape index (κ3) is 4.23. The van der Waals surface area contributed by atoms with Gasteiger partial charge in [0.05, 0.1) is 15.9 Å². The molecular weight excluding hydrogens is 354 g/mol. The molecule has 0 aliphatic carbocycles. The fraction of sp³-hybridized carbons (Fsp3) is 0.278. The zero-order valence-electron chi connectivity index (χ0n) is 14.1. The lowest BCUT2D eigenvalue weighted by Gasteiger charge is -2.07. The van der Waals surface area contributed by atoms with Crippen molar-refractivity contribution in [1.29, 1.82) is 0 Å². The van der Waals surface area contributed by atoms with E-state index < -0.39 is 10.0 Å². The number of primary sulfonamides is 1. The van der Waals surface area contributed by atoms with E-state index in [9.17, 15) is 8.42 Å². The van der Waals surface area contributed by atoms with E-state index in [4.69, 9.17) is 5.14 Å². The maximum absolute atomic E-state index is 11.6. The highest BCUT2D eigenvalue weighted by Crippen LogP contribution is 2.26.